The van der Waals surface area contributed by atoms with E-state index >= 15 is 0 Å². The average molecular weight is 265 g/mol. The second kappa shape index (κ2) is 5.38. The predicted molar refractivity (Wildman–Crippen MR) is 67.4 cm³/mol. The molecule has 0 radical (unpaired) electrons. The van der Waals surface area contributed by atoms with Crippen LogP contribution in [0.2, 0.25) is 0 Å². The highest BCUT2D eigenvalue weighted by atomic mass is 19.1. The number of carboxylic acids is 1. The normalized spacial score (nSPS) is 22.2. The first kappa shape index (κ1) is 13.5. The zero-order chi connectivity index (χ0) is 14.0. The maximum absolute atomic E-state index is 13.4. The van der Waals surface area contributed by atoms with Crippen LogP contribution in [0, 0.1) is 18.7 Å². The van der Waals surface area contributed by atoms with Crippen molar-refractivity contribution in [3.8, 4) is 0 Å². The van der Waals surface area contributed by atoms with E-state index < -0.39 is 23.6 Å². The average Bonchev–Trinajstić information content (AvgIpc) is 2.80. The number of benzene rings is 1. The summed E-state index contributed by atoms with van der Waals surface area (Å²) in [6.45, 7) is 1.54. The number of nitrogens with one attached hydrogen (secondary N) is 1. The number of carbonyl (C=O) groups is 2. The van der Waals surface area contributed by atoms with Crippen LogP contribution in [0.3, 0.4) is 0 Å². The molecular weight excluding hydrogens is 249 g/mol. The molecule has 2 rings (SSSR count). The predicted octanol–water partition coefficient (Wildman–Crippen LogP) is 2.12. The van der Waals surface area contributed by atoms with E-state index in [0.29, 0.717) is 12.8 Å². The van der Waals surface area contributed by atoms with Gasteiger partial charge in [0.2, 0.25) is 0 Å². The van der Waals surface area contributed by atoms with Gasteiger partial charge < -0.3 is 10.4 Å². The third-order valence-electron chi connectivity index (χ3n) is 3.66. The van der Waals surface area contributed by atoms with Crippen LogP contribution in [-0.4, -0.2) is 23.0 Å². The molecule has 0 spiro atoms. The summed E-state index contributed by atoms with van der Waals surface area (Å²) in [5, 5.41) is 11.8. The number of hydrogen-bond donors (Lipinski definition) is 2. The number of amides is 1. The zero-order valence-electron chi connectivity index (χ0n) is 10.6. The fourth-order valence-electron chi connectivity index (χ4n) is 2.53. The summed E-state index contributed by atoms with van der Waals surface area (Å²) in [6, 6.07) is 3.94. The van der Waals surface area contributed by atoms with Crippen molar-refractivity contribution in [3.63, 3.8) is 0 Å². The molecule has 1 aliphatic carbocycles. The summed E-state index contributed by atoms with van der Waals surface area (Å²) in [5.41, 5.74) is 0.543. The van der Waals surface area contributed by atoms with E-state index in [9.17, 15) is 14.0 Å². The molecule has 2 atom stereocenters. The molecule has 0 heterocycles. The Morgan fingerprint density at radius 2 is 2.11 bits per heavy atom. The summed E-state index contributed by atoms with van der Waals surface area (Å²) in [4.78, 5) is 23.1. The standard InChI is InChI=1S/C14H16FNO3/c1-8-9(4-2-6-11(8)15)13(17)16-12-7-3-5-10(12)14(18)19/h2,4,6,10,12H,3,5,7H2,1H3,(H,16,17)(H,18,19)/t10-,12+/m0/s1. The monoisotopic (exact) mass is 265 g/mol. The first-order valence-corrected chi connectivity index (χ1v) is 6.29. The molecule has 1 saturated carbocycles. The molecule has 2 N–H and O–H groups in total. The maximum Gasteiger partial charge on any atom is 0.308 e. The highest BCUT2D eigenvalue weighted by molar-refractivity contribution is 5.96. The Labute approximate surface area is 110 Å². The molecule has 4 nitrogen and oxygen atoms in total. The van der Waals surface area contributed by atoms with Gasteiger partial charge in [0.25, 0.3) is 5.91 Å². The van der Waals surface area contributed by atoms with Crippen molar-refractivity contribution < 1.29 is 19.1 Å². The minimum absolute atomic E-state index is 0.260. The van der Waals surface area contributed by atoms with E-state index in [1.165, 1.54) is 19.1 Å². The third-order valence-corrected chi connectivity index (χ3v) is 3.66. The van der Waals surface area contributed by atoms with Gasteiger partial charge in [-0.3, -0.25) is 9.59 Å². The quantitative estimate of drug-likeness (QED) is 0.879. The topological polar surface area (TPSA) is 66.4 Å². The van der Waals surface area contributed by atoms with Crippen molar-refractivity contribution in [2.45, 2.75) is 32.2 Å². The van der Waals surface area contributed by atoms with Gasteiger partial charge in [-0.15, -0.1) is 0 Å². The van der Waals surface area contributed by atoms with Crippen molar-refractivity contribution in [1.82, 2.24) is 5.32 Å². The van der Waals surface area contributed by atoms with Gasteiger partial charge in [-0.05, 0) is 37.5 Å². The molecule has 1 aromatic rings. The molecule has 102 valence electrons. The van der Waals surface area contributed by atoms with E-state index in [1.807, 2.05) is 0 Å². The van der Waals surface area contributed by atoms with Gasteiger partial charge in [0.1, 0.15) is 5.82 Å². The van der Waals surface area contributed by atoms with Crippen LogP contribution in [0.25, 0.3) is 0 Å². The van der Waals surface area contributed by atoms with Crippen molar-refractivity contribution in [1.29, 1.82) is 0 Å². The molecule has 1 aromatic carbocycles. The van der Waals surface area contributed by atoms with Crippen LogP contribution in [0.4, 0.5) is 4.39 Å². The Morgan fingerprint density at radius 1 is 1.37 bits per heavy atom. The van der Waals surface area contributed by atoms with Crippen molar-refractivity contribution in [2.24, 2.45) is 5.92 Å². The molecule has 0 saturated heterocycles. The Bertz CT molecular complexity index is 515. The number of halogens is 1. The number of carboxylic acid groups (broad SMARTS) is 1. The molecule has 19 heavy (non-hydrogen) atoms. The van der Waals surface area contributed by atoms with Crippen LogP contribution >= 0.6 is 0 Å². The lowest BCUT2D eigenvalue weighted by molar-refractivity contribution is -0.142. The van der Waals surface area contributed by atoms with E-state index in [4.69, 9.17) is 5.11 Å². The van der Waals surface area contributed by atoms with Crippen LogP contribution in [-0.2, 0) is 4.79 Å². The van der Waals surface area contributed by atoms with E-state index in [2.05, 4.69) is 5.32 Å². The minimum atomic E-state index is -0.890. The highest BCUT2D eigenvalue weighted by Crippen LogP contribution is 2.26. The molecule has 1 aliphatic rings. The second-order valence-corrected chi connectivity index (χ2v) is 4.87. The summed E-state index contributed by atoms with van der Waals surface area (Å²) in [5.74, 6) is -2.28. The molecule has 5 heteroatoms. The van der Waals surface area contributed by atoms with E-state index in [1.54, 1.807) is 6.07 Å². The summed E-state index contributed by atoms with van der Waals surface area (Å²) in [7, 11) is 0. The molecule has 1 fully saturated rings. The molecule has 0 aliphatic heterocycles. The Kier molecular flexibility index (Phi) is 3.83. The smallest absolute Gasteiger partial charge is 0.308 e. The molecule has 0 aromatic heterocycles. The first-order valence-electron chi connectivity index (χ1n) is 6.29. The molecular formula is C14H16FNO3. The highest BCUT2D eigenvalue weighted by Gasteiger charge is 2.34. The van der Waals surface area contributed by atoms with E-state index in [0.717, 1.165) is 6.42 Å². The van der Waals surface area contributed by atoms with Gasteiger partial charge in [0, 0.05) is 11.6 Å². The zero-order valence-corrected chi connectivity index (χ0v) is 10.6. The van der Waals surface area contributed by atoms with Gasteiger partial charge >= 0.3 is 5.97 Å². The summed E-state index contributed by atoms with van der Waals surface area (Å²) >= 11 is 0. The summed E-state index contributed by atoms with van der Waals surface area (Å²) in [6.07, 6.45) is 2.00. The largest absolute Gasteiger partial charge is 0.481 e. The number of aliphatic carboxylic acids is 1. The Morgan fingerprint density at radius 3 is 2.79 bits per heavy atom. The van der Waals surface area contributed by atoms with Gasteiger partial charge in [0.15, 0.2) is 0 Å². The van der Waals surface area contributed by atoms with Crippen LogP contribution in [0.5, 0.6) is 0 Å². The molecule has 0 unspecified atom stereocenters. The SMILES string of the molecule is Cc1c(F)cccc1C(=O)N[C@@H]1CCC[C@@H]1C(=O)O. The van der Waals surface area contributed by atoms with Gasteiger partial charge in [-0.25, -0.2) is 4.39 Å². The minimum Gasteiger partial charge on any atom is -0.481 e. The fraction of sp³-hybridized carbons (Fsp3) is 0.429. The van der Waals surface area contributed by atoms with Crippen LogP contribution < -0.4 is 5.32 Å². The van der Waals surface area contributed by atoms with Crippen molar-refractivity contribution in [2.75, 3.05) is 0 Å². The summed E-state index contributed by atoms with van der Waals surface area (Å²) < 4.78 is 13.4. The second-order valence-electron chi connectivity index (χ2n) is 4.87. The first-order chi connectivity index (χ1) is 9.00. The van der Waals surface area contributed by atoms with Gasteiger partial charge in [-0.1, -0.05) is 12.5 Å². The number of hydrogen-bond acceptors (Lipinski definition) is 2. The number of rotatable bonds is 3. The lowest BCUT2D eigenvalue weighted by Crippen LogP contribution is -2.40. The van der Waals surface area contributed by atoms with E-state index in [-0.39, 0.29) is 17.2 Å². The Hall–Kier alpha value is -1.91. The maximum atomic E-state index is 13.4. The fourth-order valence-corrected chi connectivity index (χ4v) is 2.53. The van der Waals surface area contributed by atoms with Gasteiger partial charge in [-0.2, -0.15) is 0 Å². The third kappa shape index (κ3) is 2.75. The lowest BCUT2D eigenvalue weighted by atomic mass is 10.0. The number of carbonyl (C=O) groups excluding carboxylic acids is 1. The van der Waals surface area contributed by atoms with Crippen LogP contribution in [0.1, 0.15) is 35.2 Å². The lowest BCUT2D eigenvalue weighted by Gasteiger charge is -2.18. The van der Waals surface area contributed by atoms with Crippen LogP contribution in [0.15, 0.2) is 18.2 Å². The molecule has 0 bridgehead atoms. The van der Waals surface area contributed by atoms with Crippen molar-refractivity contribution in [3.05, 3.63) is 35.1 Å². The Balaban J connectivity index is 2.13. The van der Waals surface area contributed by atoms with Gasteiger partial charge in [0.05, 0.1) is 5.92 Å². The molecule has 1 amide bonds. The van der Waals surface area contributed by atoms with Crippen molar-refractivity contribution >= 4 is 11.9 Å².